The van der Waals surface area contributed by atoms with Crippen LogP contribution in [0.25, 0.3) is 27.0 Å². The van der Waals surface area contributed by atoms with Crippen molar-refractivity contribution in [2.24, 2.45) is 0 Å². The number of fused-ring (bicyclic) bond motifs is 1. The van der Waals surface area contributed by atoms with E-state index in [9.17, 15) is 0 Å². The molecular weight excluding hydrogens is 537 g/mol. The Labute approximate surface area is 219 Å². The topological polar surface area (TPSA) is 67.5 Å². The Hall–Kier alpha value is -0.283. The van der Waals surface area contributed by atoms with Crippen molar-refractivity contribution in [3.63, 3.8) is 0 Å². The average molecular weight is 584 g/mol. The molecule has 1 aromatic heterocycles. The van der Waals surface area contributed by atoms with E-state index in [1.165, 1.54) is 15.9 Å². The second-order valence-electron chi connectivity index (χ2n) is 12.9. The first-order valence-electron chi connectivity index (χ1n) is 11.5. The normalized spacial score (nSPS) is 12.8. The third-order valence-electron chi connectivity index (χ3n) is 6.06. The van der Waals surface area contributed by atoms with Crippen LogP contribution in [0, 0.1) is 0 Å². The van der Waals surface area contributed by atoms with E-state index in [4.69, 9.17) is 11.1 Å². The number of para-hydroxylation sites is 2. The zero-order chi connectivity index (χ0) is 25.1. The smallest absolute Gasteiger partial charge is 0 e. The van der Waals surface area contributed by atoms with Gasteiger partial charge in [0.05, 0.1) is 0 Å². The van der Waals surface area contributed by atoms with Crippen molar-refractivity contribution in [3.05, 3.63) is 40.2 Å². The molecule has 0 saturated carbocycles. The van der Waals surface area contributed by atoms with Crippen LogP contribution in [-0.2, 0) is 33.0 Å². The number of hydrogen-bond acceptors (Lipinski definition) is 0. The van der Waals surface area contributed by atoms with E-state index in [0.717, 1.165) is 12.6 Å². The summed E-state index contributed by atoms with van der Waals surface area (Å²) in [4.78, 5) is 1.50. The Balaban J connectivity index is 0.00000242. The zero-order valence-corrected chi connectivity index (χ0v) is 26.4. The fourth-order valence-corrected chi connectivity index (χ4v) is 12.6. The first-order chi connectivity index (χ1) is 14.3. The number of rotatable bonds is 4. The van der Waals surface area contributed by atoms with Crippen LogP contribution in [-0.4, -0.2) is 32.3 Å². The van der Waals surface area contributed by atoms with Crippen LogP contribution in [0.15, 0.2) is 24.3 Å². The summed E-state index contributed by atoms with van der Waals surface area (Å²) < 4.78 is 5.15. The Bertz CT molecular complexity index is 831. The first-order valence-corrected chi connectivity index (χ1v) is 14.9. The summed E-state index contributed by atoms with van der Waals surface area (Å²) in [6, 6.07) is 9.03. The zero-order valence-electron chi connectivity index (χ0n) is 22.9. The summed E-state index contributed by atoms with van der Waals surface area (Å²) >= 11 is 0. The van der Waals surface area contributed by atoms with E-state index in [1.54, 1.807) is 0 Å². The molecule has 2 aromatic rings. The van der Waals surface area contributed by atoms with Gasteiger partial charge in [-0.05, 0) is 0 Å². The number of aromatic nitrogens is 2. The quantitative estimate of drug-likeness (QED) is 0.117. The van der Waals surface area contributed by atoms with Crippen LogP contribution >= 0.6 is 15.8 Å². The maximum Gasteiger partial charge on any atom is 0 e. The maximum atomic E-state index is 6.75. The third kappa shape index (κ3) is 9.36. The third-order valence-corrected chi connectivity index (χ3v) is 14.6. The van der Waals surface area contributed by atoms with Gasteiger partial charge in [-0.3, -0.25) is 4.91 Å². The van der Waals surface area contributed by atoms with E-state index in [0.29, 0.717) is 20.6 Å². The molecule has 2 rings (SSSR count). The van der Waals surface area contributed by atoms with Crippen molar-refractivity contribution in [2.45, 2.75) is 116 Å². The molecule has 0 spiro atoms. The minimum atomic E-state index is -0.631. The molecule has 5 nitrogen and oxygen atoms in total. The Morgan fingerprint density at radius 1 is 0.788 bits per heavy atom. The second kappa shape index (κ2) is 12.1. The molecule has 0 N–H and O–H groups in total. The molecule has 1 aromatic carbocycles. The van der Waals surface area contributed by atoms with Gasteiger partial charge in [-0.1, -0.05) is 0 Å². The van der Waals surface area contributed by atoms with Crippen LogP contribution in [0.4, 0.5) is 0 Å². The van der Waals surface area contributed by atoms with E-state index in [-0.39, 0.29) is 20.4 Å². The van der Waals surface area contributed by atoms with Crippen molar-refractivity contribution in [1.82, 2.24) is 4.47 Å². The fourth-order valence-electron chi connectivity index (χ4n) is 5.03. The molecule has 0 aliphatic heterocycles. The van der Waals surface area contributed by atoms with Gasteiger partial charge in [0.25, 0.3) is 0 Å². The van der Waals surface area contributed by atoms with Gasteiger partial charge >= 0.3 is 184 Å². The van der Waals surface area contributed by atoms with Crippen molar-refractivity contribution in [3.8, 4) is 0 Å². The molecule has 33 heavy (non-hydrogen) atoms. The van der Waals surface area contributed by atoms with Crippen LogP contribution in [0.3, 0.4) is 0 Å². The molecule has 0 atom stereocenters. The van der Waals surface area contributed by atoms with Crippen molar-refractivity contribution in [2.75, 3.05) is 0 Å². The van der Waals surface area contributed by atoms with Gasteiger partial charge in [0.1, 0.15) is 0 Å². The molecule has 0 radical (unpaired) electrons. The molecule has 0 saturated heterocycles. The monoisotopic (exact) mass is 583 g/mol. The standard InChI is InChI=1S/C24H44BN2P2.N3.Pd/c1-21(2,3)28(22(4,5)6)17-26-19-15-13-14-16-20(19)27(25-26)18-29(23(7,8)9)24(10,11)12;1-3-2;/h13-16H,17-18H2,1-12H3;;/q+1;-1;/p+2. The van der Waals surface area contributed by atoms with Crippen LogP contribution in [0.2, 0.25) is 0 Å². The molecule has 0 bridgehead atoms. The Kier molecular flexibility index (Phi) is 12.0. The summed E-state index contributed by atoms with van der Waals surface area (Å²) in [7, 11) is 1.18. The minimum Gasteiger partial charge on any atom is -0.373 e. The molecular formula is C24H46BN5P2Pd+2. The largest absolute Gasteiger partial charge is 0.373 e. The van der Waals surface area contributed by atoms with E-state index in [1.807, 2.05) is 0 Å². The molecule has 188 valence electrons. The van der Waals surface area contributed by atoms with Gasteiger partial charge in [-0.15, -0.1) is 0 Å². The number of nitrogens with zero attached hydrogens (tertiary/aromatic N) is 5. The number of hydrogen-bond donors (Lipinski definition) is 0. The summed E-state index contributed by atoms with van der Waals surface area (Å²) in [5.74, 6) is 0. The summed E-state index contributed by atoms with van der Waals surface area (Å²) in [6.07, 6.45) is 2.33. The van der Waals surface area contributed by atoms with Crippen LogP contribution < -0.4 is 4.47 Å². The number of benzene rings is 1. The molecule has 9 heteroatoms. The van der Waals surface area contributed by atoms with Crippen LogP contribution in [0.1, 0.15) is 83.1 Å². The molecule has 0 amide bonds. The average Bonchev–Trinajstić information content (AvgIpc) is 2.92. The predicted molar refractivity (Wildman–Crippen MR) is 149 cm³/mol. The van der Waals surface area contributed by atoms with E-state index in [2.05, 4.69) is 123 Å². The van der Waals surface area contributed by atoms with Crippen molar-refractivity contribution < 1.29 is 24.9 Å². The molecule has 1 heterocycles. The first kappa shape index (κ1) is 32.7. The second-order valence-corrected chi connectivity index (χ2v) is 21.5. The van der Waals surface area contributed by atoms with Gasteiger partial charge in [0.15, 0.2) is 0 Å². The van der Waals surface area contributed by atoms with Gasteiger partial charge in [-0.25, -0.2) is 0 Å². The maximum absolute atomic E-state index is 6.75. The van der Waals surface area contributed by atoms with E-state index < -0.39 is 15.8 Å². The van der Waals surface area contributed by atoms with E-state index >= 15 is 0 Å². The van der Waals surface area contributed by atoms with Crippen molar-refractivity contribution >= 4 is 34.1 Å². The Morgan fingerprint density at radius 2 is 1.18 bits per heavy atom. The summed E-state index contributed by atoms with van der Waals surface area (Å²) in [5, 5.41) is 1.46. The predicted octanol–water partition coefficient (Wildman–Crippen LogP) is 7.67. The Morgan fingerprint density at radius 3 is 1.58 bits per heavy atom. The van der Waals surface area contributed by atoms with Crippen molar-refractivity contribution in [1.29, 1.82) is 0 Å². The SMILES string of the molecule is CC(C)(C)[PH+](Cn1b[n+](C[PH+](C(C)(C)C)C(C)(C)C)c2ccccc21)C(C)(C)C.[N-]=[N+]=[N-].[Pd]. The fraction of sp³-hybridized carbons (Fsp3) is 0.750. The van der Waals surface area contributed by atoms with Gasteiger partial charge in [0, 0.05) is 20.4 Å². The molecule has 0 unspecified atom stereocenters. The summed E-state index contributed by atoms with van der Waals surface area (Å²) in [5.41, 5.74) is 16.3. The van der Waals surface area contributed by atoms with Gasteiger partial charge in [-0.2, -0.15) is 0 Å². The van der Waals surface area contributed by atoms with Crippen LogP contribution in [0.5, 0.6) is 0 Å². The molecule has 0 fully saturated rings. The molecule has 0 aliphatic carbocycles. The summed E-state index contributed by atoms with van der Waals surface area (Å²) in [6.45, 7) is 29.2. The van der Waals surface area contributed by atoms with Gasteiger partial charge in [0.2, 0.25) is 0 Å². The molecule has 0 aliphatic rings. The minimum absolute atomic E-state index is 0. The van der Waals surface area contributed by atoms with Gasteiger partial charge < -0.3 is 11.1 Å².